The SMILES string of the molecule is CNc1nc2c(F)c(Cl)ccc2cc1C(C)(C)C. The summed E-state index contributed by atoms with van der Waals surface area (Å²) in [7, 11) is 1.78. The minimum absolute atomic E-state index is 0.0599. The first kappa shape index (κ1) is 13.1. The van der Waals surface area contributed by atoms with Crippen molar-refractivity contribution in [2.45, 2.75) is 26.2 Å². The number of pyridine rings is 1. The van der Waals surface area contributed by atoms with Gasteiger partial charge in [0, 0.05) is 18.0 Å². The summed E-state index contributed by atoms with van der Waals surface area (Å²) in [6.45, 7) is 6.30. The molecular weight excluding hydrogens is 251 g/mol. The molecule has 1 heterocycles. The molecule has 0 saturated carbocycles. The van der Waals surface area contributed by atoms with Gasteiger partial charge in [-0.25, -0.2) is 9.37 Å². The lowest BCUT2D eigenvalue weighted by atomic mass is 9.86. The Labute approximate surface area is 111 Å². The molecular formula is C14H16ClFN2. The Bertz CT molecular complexity index is 603. The van der Waals surface area contributed by atoms with Crippen molar-refractivity contribution in [3.63, 3.8) is 0 Å². The first-order valence-electron chi connectivity index (χ1n) is 5.81. The number of benzene rings is 1. The van der Waals surface area contributed by atoms with Crippen LogP contribution in [0.15, 0.2) is 18.2 Å². The normalized spacial score (nSPS) is 11.9. The number of halogens is 2. The van der Waals surface area contributed by atoms with Gasteiger partial charge in [-0.2, -0.15) is 0 Å². The highest BCUT2D eigenvalue weighted by molar-refractivity contribution is 6.31. The molecule has 0 aliphatic rings. The second-order valence-corrected chi connectivity index (χ2v) is 5.72. The van der Waals surface area contributed by atoms with Gasteiger partial charge in [-0.15, -0.1) is 0 Å². The van der Waals surface area contributed by atoms with Crippen LogP contribution in [-0.4, -0.2) is 12.0 Å². The molecule has 0 aliphatic carbocycles. The van der Waals surface area contributed by atoms with E-state index >= 15 is 0 Å². The molecule has 0 aliphatic heterocycles. The smallest absolute Gasteiger partial charge is 0.168 e. The van der Waals surface area contributed by atoms with Crippen LogP contribution in [0.3, 0.4) is 0 Å². The Kier molecular flexibility index (Phi) is 3.20. The molecule has 1 N–H and O–H groups in total. The maximum atomic E-state index is 13.9. The molecule has 18 heavy (non-hydrogen) atoms. The topological polar surface area (TPSA) is 24.9 Å². The predicted octanol–water partition coefficient (Wildman–Crippen LogP) is 4.37. The number of rotatable bonds is 1. The second kappa shape index (κ2) is 4.39. The van der Waals surface area contributed by atoms with Gasteiger partial charge in [0.25, 0.3) is 0 Å². The molecule has 0 bridgehead atoms. The number of hydrogen-bond donors (Lipinski definition) is 1. The van der Waals surface area contributed by atoms with Crippen molar-refractivity contribution in [2.24, 2.45) is 0 Å². The third kappa shape index (κ3) is 2.15. The van der Waals surface area contributed by atoms with Crippen LogP contribution in [0.4, 0.5) is 10.2 Å². The zero-order valence-electron chi connectivity index (χ0n) is 10.9. The number of anilines is 1. The molecule has 0 saturated heterocycles. The van der Waals surface area contributed by atoms with E-state index in [2.05, 4.69) is 31.1 Å². The summed E-state index contributed by atoms with van der Waals surface area (Å²) in [5.74, 6) is 0.224. The Hall–Kier alpha value is -1.35. The lowest BCUT2D eigenvalue weighted by molar-refractivity contribution is 0.590. The fourth-order valence-electron chi connectivity index (χ4n) is 1.94. The Balaban J connectivity index is 2.81. The minimum Gasteiger partial charge on any atom is -0.373 e. The monoisotopic (exact) mass is 266 g/mol. The van der Waals surface area contributed by atoms with Gasteiger partial charge in [0.05, 0.1) is 5.02 Å². The first-order valence-corrected chi connectivity index (χ1v) is 6.19. The number of nitrogens with one attached hydrogen (secondary N) is 1. The van der Waals surface area contributed by atoms with Crippen LogP contribution in [0.1, 0.15) is 26.3 Å². The van der Waals surface area contributed by atoms with Gasteiger partial charge in [-0.1, -0.05) is 38.4 Å². The van der Waals surface area contributed by atoms with E-state index in [1.807, 2.05) is 6.07 Å². The Morgan fingerprint density at radius 2 is 1.94 bits per heavy atom. The van der Waals surface area contributed by atoms with Crippen LogP contribution in [0.25, 0.3) is 10.9 Å². The molecule has 2 rings (SSSR count). The van der Waals surface area contributed by atoms with Gasteiger partial charge in [-0.05, 0) is 17.5 Å². The molecule has 4 heteroatoms. The number of fused-ring (bicyclic) bond motifs is 1. The standard InChI is InChI=1S/C14H16ClFN2/c1-14(2,3)9-7-8-5-6-10(15)11(16)12(8)18-13(9)17-4/h5-7H,1-4H3,(H,17,18). The van der Waals surface area contributed by atoms with Gasteiger partial charge < -0.3 is 5.32 Å². The maximum absolute atomic E-state index is 13.9. The van der Waals surface area contributed by atoms with E-state index in [0.29, 0.717) is 11.3 Å². The van der Waals surface area contributed by atoms with Crippen molar-refractivity contribution >= 4 is 28.3 Å². The lowest BCUT2D eigenvalue weighted by Crippen LogP contribution is -2.15. The molecule has 0 unspecified atom stereocenters. The van der Waals surface area contributed by atoms with E-state index in [1.165, 1.54) is 0 Å². The van der Waals surface area contributed by atoms with Gasteiger partial charge in [0.1, 0.15) is 11.3 Å². The molecule has 0 spiro atoms. The van der Waals surface area contributed by atoms with Crippen molar-refractivity contribution < 1.29 is 4.39 Å². The highest BCUT2D eigenvalue weighted by atomic mass is 35.5. The summed E-state index contributed by atoms with van der Waals surface area (Å²) < 4.78 is 13.9. The molecule has 0 atom stereocenters. The zero-order chi connectivity index (χ0) is 13.5. The quantitative estimate of drug-likeness (QED) is 0.829. The third-order valence-corrected chi connectivity index (χ3v) is 3.22. The van der Waals surface area contributed by atoms with Crippen LogP contribution in [-0.2, 0) is 5.41 Å². The number of aromatic nitrogens is 1. The molecule has 0 radical (unpaired) electrons. The average molecular weight is 267 g/mol. The second-order valence-electron chi connectivity index (χ2n) is 5.32. The van der Waals surface area contributed by atoms with Gasteiger partial charge in [0.15, 0.2) is 5.82 Å². The maximum Gasteiger partial charge on any atom is 0.168 e. The van der Waals surface area contributed by atoms with Gasteiger partial charge >= 0.3 is 0 Å². The van der Waals surface area contributed by atoms with Crippen molar-refractivity contribution in [3.8, 4) is 0 Å². The fraction of sp³-hybridized carbons (Fsp3) is 0.357. The summed E-state index contributed by atoms with van der Waals surface area (Å²) in [4.78, 5) is 4.35. The number of nitrogens with zero attached hydrogens (tertiary/aromatic N) is 1. The van der Waals surface area contributed by atoms with Gasteiger partial charge in [0.2, 0.25) is 0 Å². The lowest BCUT2D eigenvalue weighted by Gasteiger charge is -2.22. The van der Waals surface area contributed by atoms with Crippen molar-refractivity contribution in [1.29, 1.82) is 0 Å². The van der Waals surface area contributed by atoms with Crippen LogP contribution in [0, 0.1) is 5.82 Å². The molecule has 0 fully saturated rings. The van der Waals surface area contributed by atoms with Crippen molar-refractivity contribution in [1.82, 2.24) is 4.98 Å². The van der Waals surface area contributed by atoms with Crippen LogP contribution in [0.2, 0.25) is 5.02 Å². The van der Waals surface area contributed by atoms with E-state index in [4.69, 9.17) is 11.6 Å². The van der Waals surface area contributed by atoms with E-state index in [-0.39, 0.29) is 10.4 Å². The minimum atomic E-state index is -0.467. The third-order valence-electron chi connectivity index (χ3n) is 2.92. The van der Waals surface area contributed by atoms with Crippen LogP contribution >= 0.6 is 11.6 Å². The predicted molar refractivity (Wildman–Crippen MR) is 75.0 cm³/mol. The molecule has 1 aromatic heterocycles. The molecule has 96 valence electrons. The summed E-state index contributed by atoms with van der Waals surface area (Å²) in [6, 6.07) is 5.32. The molecule has 2 nitrogen and oxygen atoms in total. The van der Waals surface area contributed by atoms with Gasteiger partial charge in [-0.3, -0.25) is 0 Å². The number of hydrogen-bond acceptors (Lipinski definition) is 2. The summed E-state index contributed by atoms with van der Waals surface area (Å²) in [5.41, 5.74) is 1.30. The van der Waals surface area contributed by atoms with E-state index < -0.39 is 5.82 Å². The van der Waals surface area contributed by atoms with E-state index in [0.717, 1.165) is 10.9 Å². The fourth-order valence-corrected chi connectivity index (χ4v) is 2.10. The summed E-state index contributed by atoms with van der Waals surface area (Å²) in [6.07, 6.45) is 0. The Morgan fingerprint density at radius 3 is 2.50 bits per heavy atom. The highest BCUT2D eigenvalue weighted by Gasteiger charge is 2.20. The van der Waals surface area contributed by atoms with Crippen molar-refractivity contribution in [3.05, 3.63) is 34.6 Å². The van der Waals surface area contributed by atoms with Crippen LogP contribution in [0.5, 0.6) is 0 Å². The molecule has 1 aromatic carbocycles. The molecule has 0 amide bonds. The summed E-state index contributed by atoms with van der Waals surface area (Å²) in [5, 5.41) is 3.88. The van der Waals surface area contributed by atoms with E-state index in [9.17, 15) is 4.39 Å². The highest BCUT2D eigenvalue weighted by Crippen LogP contribution is 2.33. The summed E-state index contributed by atoms with van der Waals surface area (Å²) >= 11 is 5.78. The van der Waals surface area contributed by atoms with Crippen LogP contribution < -0.4 is 5.32 Å². The average Bonchev–Trinajstić information content (AvgIpc) is 2.31. The Morgan fingerprint density at radius 1 is 1.28 bits per heavy atom. The van der Waals surface area contributed by atoms with Crippen molar-refractivity contribution in [2.75, 3.05) is 12.4 Å². The first-order chi connectivity index (χ1) is 8.34. The largest absolute Gasteiger partial charge is 0.373 e. The molecule has 2 aromatic rings. The zero-order valence-corrected chi connectivity index (χ0v) is 11.7. The van der Waals surface area contributed by atoms with E-state index in [1.54, 1.807) is 19.2 Å².